The van der Waals surface area contributed by atoms with E-state index < -0.39 is 0 Å². The molecule has 1 rings (SSSR count). The zero-order chi connectivity index (χ0) is 7.40. The van der Waals surface area contributed by atoms with Crippen molar-refractivity contribution in [2.45, 2.75) is 19.1 Å². The molecule has 3 heteroatoms. The Morgan fingerprint density at radius 3 is 3.00 bits per heavy atom. The first kappa shape index (κ1) is 7.98. The minimum absolute atomic E-state index is 0.251. The van der Waals surface area contributed by atoms with Crippen molar-refractivity contribution < 1.29 is 9.47 Å². The van der Waals surface area contributed by atoms with E-state index in [1.54, 1.807) is 7.11 Å². The molecule has 0 aromatic rings. The van der Waals surface area contributed by atoms with E-state index in [2.05, 4.69) is 12.2 Å². The minimum atomic E-state index is 0.251. The van der Waals surface area contributed by atoms with Crippen LogP contribution in [0.5, 0.6) is 0 Å². The summed E-state index contributed by atoms with van der Waals surface area (Å²) in [5.74, 6) is 0. The summed E-state index contributed by atoms with van der Waals surface area (Å²) in [5, 5.41) is 3.31. The summed E-state index contributed by atoms with van der Waals surface area (Å²) in [6, 6.07) is 0.494. The first-order valence-corrected chi connectivity index (χ1v) is 3.67. The van der Waals surface area contributed by atoms with Crippen molar-refractivity contribution >= 4 is 0 Å². The molecule has 3 nitrogen and oxygen atoms in total. The summed E-state index contributed by atoms with van der Waals surface area (Å²) in [7, 11) is 1.70. The standard InChI is InChI=1S/C7H15NO2/c1-6-4-10-7(3-8-6)5-9-2/h6-8H,3-5H2,1-2H3/t6-,7?/m1/s1. The highest BCUT2D eigenvalue weighted by molar-refractivity contribution is 4.71. The van der Waals surface area contributed by atoms with Gasteiger partial charge in [-0.05, 0) is 6.92 Å². The highest BCUT2D eigenvalue weighted by atomic mass is 16.5. The molecule has 1 N–H and O–H groups in total. The Morgan fingerprint density at radius 1 is 1.70 bits per heavy atom. The number of morpholine rings is 1. The van der Waals surface area contributed by atoms with Crippen molar-refractivity contribution in [3.63, 3.8) is 0 Å². The van der Waals surface area contributed by atoms with Crippen LogP contribution in [0.2, 0.25) is 0 Å². The molecule has 0 spiro atoms. The van der Waals surface area contributed by atoms with E-state index in [0.29, 0.717) is 12.6 Å². The molecule has 1 aliphatic rings. The fraction of sp³-hybridized carbons (Fsp3) is 1.00. The maximum Gasteiger partial charge on any atom is 0.0933 e. The second-order valence-electron chi connectivity index (χ2n) is 2.72. The lowest BCUT2D eigenvalue weighted by molar-refractivity contribution is -0.0330. The largest absolute Gasteiger partial charge is 0.382 e. The molecule has 0 radical (unpaired) electrons. The summed E-state index contributed by atoms with van der Waals surface area (Å²) >= 11 is 0. The summed E-state index contributed by atoms with van der Waals surface area (Å²) in [5.41, 5.74) is 0. The molecule has 0 bridgehead atoms. The molecule has 0 saturated carbocycles. The Hall–Kier alpha value is -0.120. The number of ether oxygens (including phenoxy) is 2. The van der Waals surface area contributed by atoms with Gasteiger partial charge in [0.15, 0.2) is 0 Å². The van der Waals surface area contributed by atoms with Gasteiger partial charge in [-0.1, -0.05) is 0 Å². The van der Waals surface area contributed by atoms with E-state index in [-0.39, 0.29) is 6.10 Å². The number of nitrogens with one attached hydrogen (secondary N) is 1. The second kappa shape index (κ2) is 3.91. The molecule has 0 aromatic heterocycles. The molecule has 0 aliphatic carbocycles. The number of rotatable bonds is 2. The SMILES string of the molecule is COCC1CN[C@H](C)CO1. The lowest BCUT2D eigenvalue weighted by Crippen LogP contribution is -2.46. The third-order valence-corrected chi connectivity index (χ3v) is 1.63. The van der Waals surface area contributed by atoms with Crippen LogP contribution in [0.15, 0.2) is 0 Å². The van der Waals surface area contributed by atoms with Crippen LogP contribution in [0.4, 0.5) is 0 Å². The summed E-state index contributed by atoms with van der Waals surface area (Å²) < 4.78 is 10.4. The Labute approximate surface area is 61.7 Å². The zero-order valence-electron chi connectivity index (χ0n) is 6.59. The third-order valence-electron chi connectivity index (χ3n) is 1.63. The molecule has 1 heterocycles. The highest BCUT2D eigenvalue weighted by Crippen LogP contribution is 1.99. The molecule has 1 fully saturated rings. The topological polar surface area (TPSA) is 30.5 Å². The van der Waals surface area contributed by atoms with Gasteiger partial charge in [-0.2, -0.15) is 0 Å². The van der Waals surface area contributed by atoms with Crippen molar-refractivity contribution in [3.8, 4) is 0 Å². The van der Waals surface area contributed by atoms with E-state index in [1.165, 1.54) is 0 Å². The van der Waals surface area contributed by atoms with E-state index >= 15 is 0 Å². The van der Waals surface area contributed by atoms with Gasteiger partial charge in [0.05, 0.1) is 19.3 Å². The fourth-order valence-corrected chi connectivity index (χ4v) is 1.02. The number of hydrogen-bond acceptors (Lipinski definition) is 3. The zero-order valence-corrected chi connectivity index (χ0v) is 6.59. The Balaban J connectivity index is 2.13. The van der Waals surface area contributed by atoms with Crippen molar-refractivity contribution in [1.82, 2.24) is 5.32 Å². The van der Waals surface area contributed by atoms with Crippen LogP contribution in [0.3, 0.4) is 0 Å². The summed E-state index contributed by atoms with van der Waals surface area (Å²) in [4.78, 5) is 0. The lowest BCUT2D eigenvalue weighted by Gasteiger charge is -2.27. The van der Waals surface area contributed by atoms with E-state index in [0.717, 1.165) is 13.2 Å². The number of hydrogen-bond donors (Lipinski definition) is 1. The predicted molar refractivity (Wildman–Crippen MR) is 39.1 cm³/mol. The van der Waals surface area contributed by atoms with Crippen LogP contribution in [0.1, 0.15) is 6.92 Å². The molecule has 60 valence electrons. The maximum atomic E-state index is 5.44. The Morgan fingerprint density at radius 2 is 2.50 bits per heavy atom. The van der Waals surface area contributed by atoms with Gasteiger partial charge < -0.3 is 14.8 Å². The van der Waals surface area contributed by atoms with Gasteiger partial charge in [0.1, 0.15) is 0 Å². The van der Waals surface area contributed by atoms with Crippen LogP contribution in [0, 0.1) is 0 Å². The molecule has 10 heavy (non-hydrogen) atoms. The molecular weight excluding hydrogens is 130 g/mol. The first-order chi connectivity index (χ1) is 4.83. The molecule has 1 unspecified atom stereocenters. The van der Waals surface area contributed by atoms with E-state index in [4.69, 9.17) is 9.47 Å². The van der Waals surface area contributed by atoms with Gasteiger partial charge in [-0.15, -0.1) is 0 Å². The third kappa shape index (κ3) is 2.25. The van der Waals surface area contributed by atoms with Gasteiger partial charge in [0.2, 0.25) is 0 Å². The van der Waals surface area contributed by atoms with Gasteiger partial charge in [0.25, 0.3) is 0 Å². The molecular formula is C7H15NO2. The van der Waals surface area contributed by atoms with Crippen molar-refractivity contribution in [2.24, 2.45) is 0 Å². The first-order valence-electron chi connectivity index (χ1n) is 3.67. The Bertz CT molecular complexity index is 89.6. The predicted octanol–water partition coefficient (Wildman–Crippen LogP) is 0.00970. The van der Waals surface area contributed by atoms with Gasteiger partial charge in [-0.3, -0.25) is 0 Å². The van der Waals surface area contributed by atoms with Crippen LogP contribution in [0.25, 0.3) is 0 Å². The molecule has 1 aliphatic heterocycles. The maximum absolute atomic E-state index is 5.44. The van der Waals surface area contributed by atoms with Crippen molar-refractivity contribution in [2.75, 3.05) is 26.9 Å². The lowest BCUT2D eigenvalue weighted by atomic mass is 10.2. The fourth-order valence-electron chi connectivity index (χ4n) is 1.02. The number of methoxy groups -OCH3 is 1. The average Bonchev–Trinajstić information content (AvgIpc) is 1.95. The van der Waals surface area contributed by atoms with Crippen LogP contribution >= 0.6 is 0 Å². The van der Waals surface area contributed by atoms with E-state index in [9.17, 15) is 0 Å². The molecule has 0 amide bonds. The van der Waals surface area contributed by atoms with Crippen molar-refractivity contribution in [1.29, 1.82) is 0 Å². The quantitative estimate of drug-likeness (QED) is 0.593. The molecule has 0 aromatic carbocycles. The monoisotopic (exact) mass is 145 g/mol. The van der Waals surface area contributed by atoms with Crippen LogP contribution < -0.4 is 5.32 Å². The van der Waals surface area contributed by atoms with Crippen LogP contribution in [-0.2, 0) is 9.47 Å². The van der Waals surface area contributed by atoms with E-state index in [1.807, 2.05) is 0 Å². The minimum Gasteiger partial charge on any atom is -0.382 e. The van der Waals surface area contributed by atoms with Gasteiger partial charge in [-0.25, -0.2) is 0 Å². The van der Waals surface area contributed by atoms with Gasteiger partial charge in [0, 0.05) is 19.7 Å². The average molecular weight is 145 g/mol. The van der Waals surface area contributed by atoms with Gasteiger partial charge >= 0.3 is 0 Å². The summed E-state index contributed by atoms with van der Waals surface area (Å²) in [6.45, 7) is 4.52. The van der Waals surface area contributed by atoms with Crippen LogP contribution in [-0.4, -0.2) is 39.0 Å². The normalized spacial score (nSPS) is 34.2. The smallest absolute Gasteiger partial charge is 0.0933 e. The summed E-state index contributed by atoms with van der Waals surface area (Å²) in [6.07, 6.45) is 0.251. The van der Waals surface area contributed by atoms with Crippen molar-refractivity contribution in [3.05, 3.63) is 0 Å². The molecule has 2 atom stereocenters. The molecule has 1 saturated heterocycles. The highest BCUT2D eigenvalue weighted by Gasteiger charge is 2.16. The Kier molecular flexibility index (Phi) is 3.12. The second-order valence-corrected chi connectivity index (χ2v) is 2.72.